The normalized spacial score (nSPS) is 22.8. The van der Waals surface area contributed by atoms with Crippen LogP contribution in [-0.4, -0.2) is 35.7 Å². The molecule has 0 bridgehead atoms. The fraction of sp³-hybridized carbons (Fsp3) is 0.667. The second kappa shape index (κ2) is 3.72. The van der Waals surface area contributed by atoms with Gasteiger partial charge >= 0.3 is 5.97 Å². The highest BCUT2D eigenvalue weighted by atomic mass is 16.4. The third kappa shape index (κ3) is 2.66. The molecule has 0 spiro atoms. The largest absolute Gasteiger partial charge is 0.478 e. The molecule has 3 nitrogen and oxygen atoms in total. The number of hydrogen-bond donors (Lipinski definition) is 1. The lowest BCUT2D eigenvalue weighted by Gasteiger charge is -2.33. The van der Waals surface area contributed by atoms with Crippen molar-refractivity contribution < 1.29 is 14.4 Å². The summed E-state index contributed by atoms with van der Waals surface area (Å²) in [6.07, 6.45) is 6.75. The van der Waals surface area contributed by atoms with E-state index in [1.54, 1.807) is 6.20 Å². The molecule has 1 aliphatic heterocycles. The molecule has 1 heterocycles. The summed E-state index contributed by atoms with van der Waals surface area (Å²) in [4.78, 5) is 10.3. The highest BCUT2D eigenvalue weighted by Crippen LogP contribution is 2.16. The van der Waals surface area contributed by atoms with Crippen LogP contribution >= 0.6 is 0 Å². The Kier molecular flexibility index (Phi) is 2.87. The average molecular weight is 170 g/mol. The number of carbonyl (C=O) groups is 1. The smallest absolute Gasteiger partial charge is 0.333 e. The van der Waals surface area contributed by atoms with Crippen molar-refractivity contribution in [1.29, 1.82) is 0 Å². The van der Waals surface area contributed by atoms with Gasteiger partial charge in [-0.3, -0.25) is 4.48 Å². The summed E-state index contributed by atoms with van der Waals surface area (Å²) in [5.41, 5.74) is 0. The number of carboxylic acids is 1. The first-order chi connectivity index (χ1) is 5.62. The molecule has 12 heavy (non-hydrogen) atoms. The number of piperidine rings is 1. The van der Waals surface area contributed by atoms with Gasteiger partial charge in [0.15, 0.2) is 0 Å². The van der Waals surface area contributed by atoms with E-state index < -0.39 is 5.97 Å². The van der Waals surface area contributed by atoms with Crippen molar-refractivity contribution in [3.05, 3.63) is 12.3 Å². The number of likely N-dealkylation sites (tertiary alicyclic amines) is 1. The lowest BCUT2D eigenvalue weighted by Crippen LogP contribution is -2.42. The average Bonchev–Trinajstić information content (AvgIpc) is 2.03. The standard InChI is InChI=1S/C9H15NO2/c1-10(8-5-9(11)12)6-3-2-4-7-10/h5,8H,2-4,6-7H2,1H3/p+1/b8-5+. The van der Waals surface area contributed by atoms with Gasteiger partial charge in [0, 0.05) is 0 Å². The first-order valence-electron chi connectivity index (χ1n) is 4.39. The second-order valence-electron chi connectivity index (χ2n) is 3.64. The van der Waals surface area contributed by atoms with E-state index in [0.29, 0.717) is 0 Å². The SMILES string of the molecule is C[N+]1(/C=C/C(=O)O)CCCCC1. The van der Waals surface area contributed by atoms with E-state index in [-0.39, 0.29) is 0 Å². The molecule has 3 heteroatoms. The molecule has 0 aliphatic carbocycles. The number of hydrogen-bond acceptors (Lipinski definition) is 1. The molecule has 1 aliphatic rings. The number of carboxylic acid groups (broad SMARTS) is 1. The van der Waals surface area contributed by atoms with Crippen LogP contribution in [0.4, 0.5) is 0 Å². The molecule has 0 aromatic heterocycles. The molecule has 0 saturated carbocycles. The number of aliphatic carboxylic acids is 1. The molecule has 0 aromatic carbocycles. The Labute approximate surface area is 72.9 Å². The molecule has 0 radical (unpaired) electrons. The fourth-order valence-corrected chi connectivity index (χ4v) is 1.63. The zero-order valence-electron chi connectivity index (χ0n) is 7.49. The number of quaternary nitrogens is 1. The van der Waals surface area contributed by atoms with E-state index in [1.165, 1.54) is 25.3 Å². The van der Waals surface area contributed by atoms with Gasteiger partial charge in [-0.1, -0.05) is 0 Å². The molecule has 0 atom stereocenters. The van der Waals surface area contributed by atoms with E-state index >= 15 is 0 Å². The van der Waals surface area contributed by atoms with E-state index in [0.717, 1.165) is 17.6 Å². The van der Waals surface area contributed by atoms with Crippen molar-refractivity contribution in [1.82, 2.24) is 0 Å². The summed E-state index contributed by atoms with van der Waals surface area (Å²) in [6.45, 7) is 2.15. The van der Waals surface area contributed by atoms with Gasteiger partial charge in [-0.2, -0.15) is 0 Å². The van der Waals surface area contributed by atoms with Gasteiger partial charge in [0.1, 0.15) is 6.20 Å². The van der Waals surface area contributed by atoms with Crippen LogP contribution in [0, 0.1) is 0 Å². The first-order valence-corrected chi connectivity index (χ1v) is 4.39. The van der Waals surface area contributed by atoms with Gasteiger partial charge in [0.25, 0.3) is 0 Å². The Balaban J connectivity index is 2.52. The molecule has 1 N–H and O–H groups in total. The van der Waals surface area contributed by atoms with E-state index in [1.807, 2.05) is 0 Å². The van der Waals surface area contributed by atoms with E-state index in [2.05, 4.69) is 7.05 Å². The highest BCUT2D eigenvalue weighted by Gasteiger charge is 2.21. The van der Waals surface area contributed by atoms with Crippen LogP contribution < -0.4 is 0 Å². The van der Waals surface area contributed by atoms with Gasteiger partial charge in [-0.05, 0) is 19.3 Å². The second-order valence-corrected chi connectivity index (χ2v) is 3.64. The Morgan fingerprint density at radius 3 is 2.42 bits per heavy atom. The molecule has 1 rings (SSSR count). The molecular weight excluding hydrogens is 154 g/mol. The van der Waals surface area contributed by atoms with Crippen LogP contribution in [0.15, 0.2) is 12.3 Å². The maximum absolute atomic E-state index is 10.3. The van der Waals surface area contributed by atoms with Gasteiger partial charge in [0.2, 0.25) is 0 Å². The zero-order valence-corrected chi connectivity index (χ0v) is 7.49. The van der Waals surface area contributed by atoms with Crippen LogP contribution in [0.1, 0.15) is 19.3 Å². The topological polar surface area (TPSA) is 37.3 Å². The summed E-state index contributed by atoms with van der Waals surface area (Å²) in [5, 5.41) is 8.46. The molecule has 0 aromatic rings. The maximum Gasteiger partial charge on any atom is 0.333 e. The Morgan fingerprint density at radius 2 is 1.92 bits per heavy atom. The summed E-state index contributed by atoms with van der Waals surface area (Å²) in [6, 6.07) is 0. The Morgan fingerprint density at radius 1 is 1.33 bits per heavy atom. The van der Waals surface area contributed by atoms with Crippen molar-refractivity contribution in [2.75, 3.05) is 20.1 Å². The minimum absolute atomic E-state index is 0.784. The third-order valence-corrected chi connectivity index (χ3v) is 2.41. The van der Waals surface area contributed by atoms with Crippen LogP contribution in [0.2, 0.25) is 0 Å². The van der Waals surface area contributed by atoms with Crippen LogP contribution in [0.3, 0.4) is 0 Å². The van der Waals surface area contributed by atoms with Crippen molar-refractivity contribution in [3.63, 3.8) is 0 Å². The Bertz CT molecular complexity index is 193. The molecule has 0 amide bonds. The summed E-state index contributed by atoms with van der Waals surface area (Å²) < 4.78 is 0.784. The van der Waals surface area contributed by atoms with Gasteiger partial charge < -0.3 is 5.11 Å². The fourth-order valence-electron chi connectivity index (χ4n) is 1.63. The highest BCUT2D eigenvalue weighted by molar-refractivity contribution is 5.79. The third-order valence-electron chi connectivity index (χ3n) is 2.41. The molecular formula is C9H16NO2+. The summed E-state index contributed by atoms with van der Waals surface area (Å²) in [7, 11) is 2.08. The predicted molar refractivity (Wildman–Crippen MR) is 46.5 cm³/mol. The predicted octanol–water partition coefficient (Wildman–Crippen LogP) is 1.22. The van der Waals surface area contributed by atoms with Crippen LogP contribution in [0.5, 0.6) is 0 Å². The quantitative estimate of drug-likeness (QED) is 0.499. The molecule has 0 unspecified atom stereocenters. The summed E-state index contributed by atoms with van der Waals surface area (Å²) in [5.74, 6) is -0.847. The van der Waals surface area contributed by atoms with Crippen molar-refractivity contribution in [3.8, 4) is 0 Å². The van der Waals surface area contributed by atoms with Gasteiger partial charge in [0.05, 0.1) is 26.2 Å². The maximum atomic E-state index is 10.3. The van der Waals surface area contributed by atoms with Crippen LogP contribution in [0.25, 0.3) is 0 Å². The van der Waals surface area contributed by atoms with Crippen molar-refractivity contribution in [2.24, 2.45) is 0 Å². The molecule has 1 fully saturated rings. The number of nitrogens with zero attached hydrogens (tertiary/aromatic N) is 1. The van der Waals surface area contributed by atoms with E-state index in [4.69, 9.17) is 5.11 Å². The summed E-state index contributed by atoms with van der Waals surface area (Å²) >= 11 is 0. The molecule has 68 valence electrons. The van der Waals surface area contributed by atoms with E-state index in [9.17, 15) is 4.79 Å². The minimum Gasteiger partial charge on any atom is -0.478 e. The van der Waals surface area contributed by atoms with Crippen molar-refractivity contribution in [2.45, 2.75) is 19.3 Å². The lowest BCUT2D eigenvalue weighted by molar-refractivity contribution is -0.864. The van der Waals surface area contributed by atoms with Crippen LogP contribution in [-0.2, 0) is 4.79 Å². The lowest BCUT2D eigenvalue weighted by atomic mass is 10.1. The molecule has 1 saturated heterocycles. The van der Waals surface area contributed by atoms with Gasteiger partial charge in [-0.25, -0.2) is 4.79 Å². The minimum atomic E-state index is -0.847. The number of rotatable bonds is 2. The Hall–Kier alpha value is -0.830. The monoisotopic (exact) mass is 170 g/mol. The first kappa shape index (κ1) is 9.26. The zero-order chi connectivity index (χ0) is 9.03. The van der Waals surface area contributed by atoms with Crippen molar-refractivity contribution >= 4 is 5.97 Å². The van der Waals surface area contributed by atoms with Gasteiger partial charge in [-0.15, -0.1) is 0 Å².